The standard InChI is InChI=1S/C24H28N2O2S/c1-15(2)19-10-8-11-20(16(3)4)23(19)26-24(27)21-9-6-7-12-22(21)28-13-18-14-29-17(5)25-18/h6-12,14-16H,13H2,1-5H3,(H,26,27). The summed E-state index contributed by atoms with van der Waals surface area (Å²) in [5.74, 6) is 1.01. The third kappa shape index (κ3) is 5.04. The summed E-state index contributed by atoms with van der Waals surface area (Å²) in [6, 6.07) is 13.6. The van der Waals surface area contributed by atoms with Crippen molar-refractivity contribution in [3.63, 3.8) is 0 Å². The quantitative estimate of drug-likeness (QED) is 0.483. The third-order valence-electron chi connectivity index (χ3n) is 4.79. The molecule has 1 amide bonds. The van der Waals surface area contributed by atoms with Crippen LogP contribution in [0.5, 0.6) is 5.75 Å². The van der Waals surface area contributed by atoms with Gasteiger partial charge in [-0.05, 0) is 42.0 Å². The van der Waals surface area contributed by atoms with Crippen LogP contribution in [-0.4, -0.2) is 10.9 Å². The number of thiazole rings is 1. The maximum absolute atomic E-state index is 13.2. The molecule has 0 saturated carbocycles. The van der Waals surface area contributed by atoms with E-state index in [0.29, 0.717) is 29.8 Å². The number of aromatic nitrogens is 1. The average Bonchev–Trinajstić information content (AvgIpc) is 3.11. The van der Waals surface area contributed by atoms with Gasteiger partial charge in [-0.1, -0.05) is 58.0 Å². The molecule has 1 N–H and O–H groups in total. The van der Waals surface area contributed by atoms with Crippen molar-refractivity contribution in [2.24, 2.45) is 0 Å². The summed E-state index contributed by atoms with van der Waals surface area (Å²) in [5, 5.41) is 6.15. The summed E-state index contributed by atoms with van der Waals surface area (Å²) in [7, 11) is 0. The minimum Gasteiger partial charge on any atom is -0.486 e. The van der Waals surface area contributed by atoms with Crippen LogP contribution in [0.2, 0.25) is 0 Å². The van der Waals surface area contributed by atoms with Crippen molar-refractivity contribution < 1.29 is 9.53 Å². The van der Waals surface area contributed by atoms with Crippen LogP contribution in [0.3, 0.4) is 0 Å². The average molecular weight is 409 g/mol. The maximum atomic E-state index is 13.2. The van der Waals surface area contributed by atoms with Crippen molar-refractivity contribution in [1.29, 1.82) is 0 Å². The van der Waals surface area contributed by atoms with Crippen molar-refractivity contribution in [2.75, 3.05) is 5.32 Å². The van der Waals surface area contributed by atoms with Gasteiger partial charge in [0.05, 0.1) is 16.3 Å². The Bertz CT molecular complexity index is 966. The van der Waals surface area contributed by atoms with Gasteiger partial charge < -0.3 is 10.1 Å². The molecule has 0 fully saturated rings. The molecule has 2 aromatic carbocycles. The van der Waals surface area contributed by atoms with Crippen molar-refractivity contribution in [3.8, 4) is 5.75 Å². The van der Waals surface area contributed by atoms with Crippen LogP contribution < -0.4 is 10.1 Å². The number of carbonyl (C=O) groups excluding carboxylic acids is 1. The zero-order valence-corrected chi connectivity index (χ0v) is 18.5. The summed E-state index contributed by atoms with van der Waals surface area (Å²) in [6.45, 7) is 10.9. The van der Waals surface area contributed by atoms with Crippen molar-refractivity contribution in [3.05, 3.63) is 75.2 Å². The summed E-state index contributed by atoms with van der Waals surface area (Å²) in [6.07, 6.45) is 0. The Balaban J connectivity index is 1.87. The Kier molecular flexibility index (Phi) is 6.70. The molecule has 3 aromatic rings. The second-order valence-corrected chi connectivity index (χ2v) is 8.78. The van der Waals surface area contributed by atoms with Crippen LogP contribution in [0.25, 0.3) is 0 Å². The Labute approximate surface area is 177 Å². The van der Waals surface area contributed by atoms with E-state index in [0.717, 1.165) is 27.5 Å². The molecule has 0 aliphatic rings. The molecular weight excluding hydrogens is 380 g/mol. The molecule has 29 heavy (non-hydrogen) atoms. The lowest BCUT2D eigenvalue weighted by atomic mass is 9.92. The smallest absolute Gasteiger partial charge is 0.259 e. The number of rotatable bonds is 7. The van der Waals surface area contributed by atoms with E-state index in [-0.39, 0.29) is 5.91 Å². The highest BCUT2D eigenvalue weighted by atomic mass is 32.1. The Hall–Kier alpha value is -2.66. The van der Waals surface area contributed by atoms with Gasteiger partial charge >= 0.3 is 0 Å². The normalized spacial score (nSPS) is 11.1. The fourth-order valence-corrected chi connectivity index (χ4v) is 3.88. The van der Waals surface area contributed by atoms with Crippen molar-refractivity contribution in [1.82, 2.24) is 4.98 Å². The van der Waals surface area contributed by atoms with Gasteiger partial charge in [-0.15, -0.1) is 11.3 Å². The molecule has 3 rings (SSSR count). The van der Waals surface area contributed by atoms with Crippen molar-refractivity contribution >= 4 is 22.9 Å². The molecule has 1 heterocycles. The first-order valence-electron chi connectivity index (χ1n) is 9.93. The van der Waals surface area contributed by atoms with Gasteiger partial charge in [0.15, 0.2) is 0 Å². The maximum Gasteiger partial charge on any atom is 0.259 e. The van der Waals surface area contributed by atoms with E-state index >= 15 is 0 Å². The number of benzene rings is 2. The van der Waals surface area contributed by atoms with Crippen LogP contribution in [-0.2, 0) is 6.61 Å². The number of hydrogen-bond donors (Lipinski definition) is 1. The predicted molar refractivity (Wildman–Crippen MR) is 120 cm³/mol. The number of para-hydroxylation sites is 2. The van der Waals surface area contributed by atoms with E-state index in [1.807, 2.05) is 30.5 Å². The molecule has 4 nitrogen and oxygen atoms in total. The summed E-state index contributed by atoms with van der Waals surface area (Å²) in [4.78, 5) is 17.6. The second kappa shape index (κ2) is 9.23. The number of carbonyl (C=O) groups is 1. The molecule has 0 bridgehead atoms. The lowest BCUT2D eigenvalue weighted by molar-refractivity contribution is 0.102. The zero-order chi connectivity index (χ0) is 21.0. The van der Waals surface area contributed by atoms with Crippen molar-refractivity contribution in [2.45, 2.75) is 53.1 Å². The first-order chi connectivity index (χ1) is 13.9. The highest BCUT2D eigenvalue weighted by Crippen LogP contribution is 2.33. The van der Waals surface area contributed by atoms with Gasteiger partial charge in [-0.3, -0.25) is 4.79 Å². The van der Waals surface area contributed by atoms with Gasteiger partial charge in [0.25, 0.3) is 5.91 Å². The number of nitrogens with one attached hydrogen (secondary N) is 1. The first kappa shape index (κ1) is 21.1. The van der Waals surface area contributed by atoms with Crippen LogP contribution in [0.1, 0.15) is 71.7 Å². The molecule has 0 unspecified atom stereocenters. The molecule has 1 aromatic heterocycles. The van der Waals surface area contributed by atoms with Crippen LogP contribution in [0.15, 0.2) is 47.8 Å². The van der Waals surface area contributed by atoms with Crippen LogP contribution in [0.4, 0.5) is 5.69 Å². The predicted octanol–water partition coefficient (Wildman–Crippen LogP) is 6.53. The summed E-state index contributed by atoms with van der Waals surface area (Å²) in [5.41, 5.74) is 4.58. The SMILES string of the molecule is Cc1nc(COc2ccccc2C(=O)Nc2c(C(C)C)cccc2C(C)C)cs1. The lowest BCUT2D eigenvalue weighted by Gasteiger charge is -2.20. The van der Waals surface area contributed by atoms with E-state index in [1.54, 1.807) is 17.4 Å². The molecule has 0 radical (unpaired) electrons. The highest BCUT2D eigenvalue weighted by molar-refractivity contribution is 7.09. The molecule has 0 atom stereocenters. The monoisotopic (exact) mass is 408 g/mol. The Morgan fingerprint density at radius 1 is 1.03 bits per heavy atom. The topological polar surface area (TPSA) is 51.2 Å². The number of amides is 1. The number of ether oxygens (including phenoxy) is 1. The largest absolute Gasteiger partial charge is 0.486 e. The third-order valence-corrected chi connectivity index (χ3v) is 5.61. The van der Waals surface area contributed by atoms with Gasteiger partial charge in [0, 0.05) is 11.1 Å². The molecular formula is C24H28N2O2S. The minimum absolute atomic E-state index is 0.162. The molecule has 152 valence electrons. The van der Waals surface area contributed by atoms with E-state index in [4.69, 9.17) is 4.74 Å². The van der Waals surface area contributed by atoms with E-state index in [1.165, 1.54) is 0 Å². The van der Waals surface area contributed by atoms with E-state index in [9.17, 15) is 4.79 Å². The molecule has 0 aliphatic heterocycles. The molecule has 0 spiro atoms. The zero-order valence-electron chi connectivity index (χ0n) is 17.7. The van der Waals surface area contributed by atoms with E-state index in [2.05, 4.69) is 56.2 Å². The van der Waals surface area contributed by atoms with Gasteiger partial charge in [0.1, 0.15) is 12.4 Å². The summed E-state index contributed by atoms with van der Waals surface area (Å²) < 4.78 is 5.93. The second-order valence-electron chi connectivity index (χ2n) is 7.72. The summed E-state index contributed by atoms with van der Waals surface area (Å²) >= 11 is 1.59. The number of nitrogens with zero attached hydrogens (tertiary/aromatic N) is 1. The van der Waals surface area contributed by atoms with Gasteiger partial charge in [-0.2, -0.15) is 0 Å². The van der Waals surface area contributed by atoms with Gasteiger partial charge in [0.2, 0.25) is 0 Å². The van der Waals surface area contributed by atoms with E-state index < -0.39 is 0 Å². The Morgan fingerprint density at radius 2 is 1.69 bits per heavy atom. The van der Waals surface area contributed by atoms with Crippen LogP contribution >= 0.6 is 11.3 Å². The number of aryl methyl sites for hydroxylation is 1. The highest BCUT2D eigenvalue weighted by Gasteiger charge is 2.19. The fraction of sp³-hybridized carbons (Fsp3) is 0.333. The van der Waals surface area contributed by atoms with Gasteiger partial charge in [-0.25, -0.2) is 4.98 Å². The first-order valence-corrected chi connectivity index (χ1v) is 10.8. The van der Waals surface area contributed by atoms with Crippen LogP contribution in [0, 0.1) is 6.92 Å². The molecule has 0 aliphatic carbocycles. The molecule has 5 heteroatoms. The lowest BCUT2D eigenvalue weighted by Crippen LogP contribution is -2.17. The number of anilines is 1. The minimum atomic E-state index is -0.162. The number of hydrogen-bond acceptors (Lipinski definition) is 4. The fourth-order valence-electron chi connectivity index (χ4n) is 3.28. The Morgan fingerprint density at radius 3 is 2.28 bits per heavy atom. The molecule has 0 saturated heterocycles.